The van der Waals surface area contributed by atoms with Crippen molar-refractivity contribution in [2.24, 2.45) is 0 Å². The van der Waals surface area contributed by atoms with Crippen LogP contribution < -0.4 is 10.2 Å². The first-order chi connectivity index (χ1) is 12.6. The summed E-state index contributed by atoms with van der Waals surface area (Å²) in [6.45, 7) is 6.01. The van der Waals surface area contributed by atoms with E-state index in [1.165, 1.54) is 0 Å². The van der Waals surface area contributed by atoms with E-state index in [9.17, 15) is 4.79 Å². The molecule has 4 rings (SSSR count). The Morgan fingerprint density at radius 1 is 1.19 bits per heavy atom. The summed E-state index contributed by atoms with van der Waals surface area (Å²) in [5.74, 6) is 0.585. The van der Waals surface area contributed by atoms with Crippen LogP contribution in [0.5, 0.6) is 0 Å². The number of nitrogens with zero attached hydrogens (tertiary/aromatic N) is 5. The Balaban J connectivity index is 1.60. The average molecular weight is 350 g/mol. The average Bonchev–Trinajstić information content (AvgIpc) is 3.31. The van der Waals surface area contributed by atoms with Gasteiger partial charge in [-0.2, -0.15) is 5.10 Å². The van der Waals surface area contributed by atoms with Gasteiger partial charge >= 0.3 is 0 Å². The molecule has 0 bridgehead atoms. The molecule has 0 atom stereocenters. The highest BCUT2D eigenvalue weighted by Crippen LogP contribution is 2.24. The smallest absolute Gasteiger partial charge is 0.259 e. The van der Waals surface area contributed by atoms with Crippen molar-refractivity contribution < 1.29 is 4.79 Å². The molecule has 26 heavy (non-hydrogen) atoms. The minimum Gasteiger partial charge on any atom is -0.356 e. The fourth-order valence-corrected chi connectivity index (χ4v) is 3.34. The van der Waals surface area contributed by atoms with Gasteiger partial charge in [-0.25, -0.2) is 14.6 Å². The lowest BCUT2D eigenvalue weighted by Crippen LogP contribution is -2.24. The largest absolute Gasteiger partial charge is 0.356 e. The molecule has 0 aromatic carbocycles. The Hall–Kier alpha value is -2.96. The third-order valence-corrected chi connectivity index (χ3v) is 4.62. The summed E-state index contributed by atoms with van der Waals surface area (Å²) in [6, 6.07) is 5.75. The number of anilines is 2. The van der Waals surface area contributed by atoms with Crippen molar-refractivity contribution in [2.45, 2.75) is 32.7 Å². The number of aromatic nitrogens is 4. The molecule has 1 saturated heterocycles. The zero-order chi connectivity index (χ0) is 18.1. The minimum absolute atomic E-state index is 0.169. The number of carbonyl (C=O) groups excluding carboxylic acids is 1. The molecule has 0 unspecified atom stereocenters. The van der Waals surface area contributed by atoms with Gasteiger partial charge in [-0.05, 0) is 44.9 Å². The second-order valence-electron chi connectivity index (χ2n) is 6.84. The van der Waals surface area contributed by atoms with Gasteiger partial charge in [0.15, 0.2) is 5.65 Å². The zero-order valence-electron chi connectivity index (χ0n) is 15.0. The van der Waals surface area contributed by atoms with Gasteiger partial charge in [0.05, 0.1) is 23.6 Å². The molecule has 134 valence electrons. The van der Waals surface area contributed by atoms with Crippen LogP contribution in [0.15, 0.2) is 36.8 Å². The van der Waals surface area contributed by atoms with Crippen molar-refractivity contribution in [3.63, 3.8) is 0 Å². The highest BCUT2D eigenvalue weighted by Gasteiger charge is 2.21. The highest BCUT2D eigenvalue weighted by molar-refractivity contribution is 6.08. The van der Waals surface area contributed by atoms with E-state index < -0.39 is 0 Å². The van der Waals surface area contributed by atoms with Crippen LogP contribution in [0.1, 0.15) is 43.1 Å². The molecule has 0 saturated carbocycles. The predicted octanol–water partition coefficient (Wildman–Crippen LogP) is 3.26. The molecule has 0 aliphatic carbocycles. The molecule has 1 N–H and O–H groups in total. The summed E-state index contributed by atoms with van der Waals surface area (Å²) in [6.07, 6.45) is 7.46. The maximum absolute atomic E-state index is 12.8. The first-order valence-corrected chi connectivity index (χ1v) is 8.98. The van der Waals surface area contributed by atoms with Gasteiger partial charge in [0.1, 0.15) is 5.82 Å². The van der Waals surface area contributed by atoms with E-state index in [1.807, 2.05) is 16.8 Å². The van der Waals surface area contributed by atoms with Crippen molar-refractivity contribution in [1.29, 1.82) is 0 Å². The molecule has 4 heterocycles. The molecule has 3 aromatic rings. The molecule has 7 heteroatoms. The fourth-order valence-electron chi connectivity index (χ4n) is 3.34. The van der Waals surface area contributed by atoms with Gasteiger partial charge in [-0.1, -0.05) is 0 Å². The number of rotatable bonds is 4. The van der Waals surface area contributed by atoms with E-state index >= 15 is 0 Å². The molecule has 1 fully saturated rings. The summed E-state index contributed by atoms with van der Waals surface area (Å²) in [4.78, 5) is 23.9. The van der Waals surface area contributed by atoms with E-state index in [-0.39, 0.29) is 11.9 Å². The molecule has 0 radical (unpaired) electrons. The molecule has 1 aliphatic heterocycles. The van der Waals surface area contributed by atoms with Crippen LogP contribution in [0, 0.1) is 0 Å². The molecule has 1 aliphatic rings. The van der Waals surface area contributed by atoms with Gasteiger partial charge in [0.2, 0.25) is 0 Å². The van der Waals surface area contributed by atoms with Crippen molar-refractivity contribution >= 4 is 28.4 Å². The number of hydrogen-bond donors (Lipinski definition) is 1. The summed E-state index contributed by atoms with van der Waals surface area (Å²) < 4.78 is 1.87. The Morgan fingerprint density at radius 2 is 2.00 bits per heavy atom. The summed E-state index contributed by atoms with van der Waals surface area (Å²) in [5.41, 5.74) is 2.06. The van der Waals surface area contributed by atoms with Crippen LogP contribution >= 0.6 is 0 Å². The lowest BCUT2D eigenvalue weighted by molar-refractivity contribution is 0.102. The number of carbonyl (C=O) groups is 1. The Kier molecular flexibility index (Phi) is 4.28. The number of fused-ring (bicyclic) bond motifs is 1. The van der Waals surface area contributed by atoms with Crippen LogP contribution in [-0.4, -0.2) is 38.7 Å². The van der Waals surface area contributed by atoms with Gasteiger partial charge in [0.25, 0.3) is 5.91 Å². The van der Waals surface area contributed by atoms with Gasteiger partial charge in [-0.15, -0.1) is 0 Å². The van der Waals surface area contributed by atoms with Crippen molar-refractivity contribution in [1.82, 2.24) is 19.7 Å². The minimum atomic E-state index is -0.169. The second-order valence-corrected chi connectivity index (χ2v) is 6.84. The number of amides is 1. The van der Waals surface area contributed by atoms with E-state index in [0.717, 1.165) is 42.8 Å². The monoisotopic (exact) mass is 350 g/mol. The Morgan fingerprint density at radius 3 is 2.77 bits per heavy atom. The third kappa shape index (κ3) is 3.00. The van der Waals surface area contributed by atoms with Gasteiger partial charge in [0, 0.05) is 30.7 Å². The van der Waals surface area contributed by atoms with E-state index in [0.29, 0.717) is 11.3 Å². The first-order valence-electron chi connectivity index (χ1n) is 8.98. The molecular formula is C19H22N6O. The van der Waals surface area contributed by atoms with Crippen LogP contribution in [0.2, 0.25) is 0 Å². The fraction of sp³-hybridized carbons (Fsp3) is 0.368. The second kappa shape index (κ2) is 6.74. The standard InChI is InChI=1S/C19H22N6O/c1-13(2)25-17-14(11-22-25)10-15(12-21-17)23-19(26)16-6-5-7-20-18(16)24-8-3-4-9-24/h5-7,10-13H,3-4,8-9H2,1-2H3,(H,23,26). The number of nitrogens with one attached hydrogen (secondary N) is 1. The summed E-state index contributed by atoms with van der Waals surface area (Å²) in [5, 5.41) is 8.22. The van der Waals surface area contributed by atoms with E-state index in [2.05, 4.69) is 39.1 Å². The maximum atomic E-state index is 12.8. The summed E-state index contributed by atoms with van der Waals surface area (Å²) >= 11 is 0. The third-order valence-electron chi connectivity index (χ3n) is 4.62. The van der Waals surface area contributed by atoms with Gasteiger partial charge in [-0.3, -0.25) is 4.79 Å². The van der Waals surface area contributed by atoms with Crippen LogP contribution in [0.4, 0.5) is 11.5 Å². The lowest BCUT2D eigenvalue weighted by Gasteiger charge is -2.19. The SMILES string of the molecule is CC(C)n1ncc2cc(NC(=O)c3cccnc3N3CCCC3)cnc21. The van der Waals surface area contributed by atoms with Crippen molar-refractivity contribution in [3.8, 4) is 0 Å². The van der Waals surface area contributed by atoms with Crippen LogP contribution in [0.3, 0.4) is 0 Å². The molecule has 7 nitrogen and oxygen atoms in total. The number of pyridine rings is 2. The van der Waals surface area contributed by atoms with E-state index in [1.54, 1.807) is 24.7 Å². The van der Waals surface area contributed by atoms with E-state index in [4.69, 9.17) is 0 Å². The zero-order valence-corrected chi connectivity index (χ0v) is 15.0. The maximum Gasteiger partial charge on any atom is 0.259 e. The van der Waals surface area contributed by atoms with Gasteiger partial charge < -0.3 is 10.2 Å². The van der Waals surface area contributed by atoms with Crippen molar-refractivity contribution in [2.75, 3.05) is 23.3 Å². The van der Waals surface area contributed by atoms with Crippen LogP contribution in [0.25, 0.3) is 11.0 Å². The van der Waals surface area contributed by atoms with Crippen LogP contribution in [-0.2, 0) is 0 Å². The predicted molar refractivity (Wildman–Crippen MR) is 102 cm³/mol. The Labute approximate surface area is 152 Å². The molecule has 0 spiro atoms. The normalized spacial score (nSPS) is 14.3. The molecular weight excluding hydrogens is 328 g/mol. The number of hydrogen-bond acceptors (Lipinski definition) is 5. The lowest BCUT2D eigenvalue weighted by atomic mass is 10.2. The molecule has 3 aromatic heterocycles. The summed E-state index contributed by atoms with van der Waals surface area (Å²) in [7, 11) is 0. The first kappa shape index (κ1) is 16.5. The Bertz CT molecular complexity index is 942. The highest BCUT2D eigenvalue weighted by atomic mass is 16.1. The van der Waals surface area contributed by atoms with Crippen molar-refractivity contribution in [3.05, 3.63) is 42.4 Å². The topological polar surface area (TPSA) is 75.9 Å². The molecule has 1 amide bonds. The quantitative estimate of drug-likeness (QED) is 0.781.